The maximum absolute atomic E-state index is 10.3. The predicted octanol–water partition coefficient (Wildman–Crippen LogP) is 7.47. The van der Waals surface area contributed by atoms with E-state index in [2.05, 4.69) is 34.6 Å². The molecule has 4 aliphatic carbocycles. The van der Waals surface area contributed by atoms with Gasteiger partial charge in [-0.15, -0.1) is 0 Å². The third-order valence-corrected chi connectivity index (χ3v) is 10.8. The van der Waals surface area contributed by atoms with Gasteiger partial charge in [0.15, 0.2) is 0 Å². The normalized spacial score (nSPS) is 49.4. The molecule has 0 saturated heterocycles. The number of hydrogen-bond acceptors (Lipinski definition) is 1. The first-order valence-electron chi connectivity index (χ1n) is 12.9. The van der Waals surface area contributed by atoms with Crippen molar-refractivity contribution < 1.29 is 5.11 Å². The van der Waals surface area contributed by atoms with Crippen molar-refractivity contribution in [3.8, 4) is 0 Å². The molecule has 9 atom stereocenters. The molecule has 0 aromatic heterocycles. The van der Waals surface area contributed by atoms with Gasteiger partial charge in [-0.3, -0.25) is 0 Å². The molecule has 0 aromatic carbocycles. The highest BCUT2D eigenvalue weighted by Crippen LogP contribution is 2.68. The predicted molar refractivity (Wildman–Crippen MR) is 119 cm³/mol. The lowest BCUT2D eigenvalue weighted by atomic mass is 9.44. The maximum atomic E-state index is 10.3. The van der Waals surface area contributed by atoms with Gasteiger partial charge in [-0.1, -0.05) is 53.9 Å². The summed E-state index contributed by atoms with van der Waals surface area (Å²) in [6.45, 7) is 12.7. The lowest BCUT2D eigenvalue weighted by Crippen LogP contribution is -2.54. The summed E-state index contributed by atoms with van der Waals surface area (Å²) in [5.74, 6) is 6.49. The Bertz CT molecular complexity index is 540. The minimum atomic E-state index is -0.00830. The van der Waals surface area contributed by atoms with E-state index < -0.39 is 0 Å². The van der Waals surface area contributed by atoms with Gasteiger partial charge in [-0.2, -0.15) is 0 Å². The first-order valence-corrected chi connectivity index (χ1v) is 12.9. The van der Waals surface area contributed by atoms with Crippen LogP contribution < -0.4 is 0 Å². The summed E-state index contributed by atoms with van der Waals surface area (Å²) in [4.78, 5) is 0. The fourth-order valence-corrected chi connectivity index (χ4v) is 9.26. The van der Waals surface area contributed by atoms with Crippen molar-refractivity contribution in [1.82, 2.24) is 0 Å². The Balaban J connectivity index is 1.46. The third kappa shape index (κ3) is 3.50. The number of aliphatic hydroxyl groups excluding tert-OH is 1. The molecule has 4 aliphatic rings. The lowest BCUT2D eigenvalue weighted by molar-refractivity contribution is -0.129. The Hall–Kier alpha value is -0.0400. The summed E-state index contributed by atoms with van der Waals surface area (Å²) >= 11 is 0. The summed E-state index contributed by atoms with van der Waals surface area (Å²) in [6, 6.07) is 0. The number of hydrogen-bond donors (Lipinski definition) is 1. The van der Waals surface area contributed by atoms with E-state index in [4.69, 9.17) is 0 Å². The molecule has 0 radical (unpaired) electrons. The van der Waals surface area contributed by atoms with Crippen LogP contribution in [-0.4, -0.2) is 11.2 Å². The summed E-state index contributed by atoms with van der Waals surface area (Å²) in [5.41, 5.74) is 1.15. The molecule has 0 aromatic rings. The standard InChI is InChI=1S/C27H48O/c1-18(2)7-6-8-19(3)23-11-12-24-22-10-9-20-17-21(28)13-15-26(20,4)25(22)14-16-27(23,24)5/h18-25,28H,6-17H2,1-5H3/t19?,20?,21-,22?,23+,24?,25?,26-,27+/m0/s1. The van der Waals surface area contributed by atoms with Crippen LogP contribution in [0.15, 0.2) is 0 Å². The molecule has 4 fully saturated rings. The molecule has 0 heterocycles. The maximum Gasteiger partial charge on any atom is 0.0543 e. The van der Waals surface area contributed by atoms with Crippen molar-refractivity contribution in [2.45, 2.75) is 118 Å². The fraction of sp³-hybridized carbons (Fsp3) is 1.00. The van der Waals surface area contributed by atoms with Crippen LogP contribution >= 0.6 is 0 Å². The summed E-state index contributed by atoms with van der Waals surface area (Å²) in [7, 11) is 0. The van der Waals surface area contributed by atoms with Crippen molar-refractivity contribution in [1.29, 1.82) is 0 Å². The first-order chi connectivity index (χ1) is 13.3. The van der Waals surface area contributed by atoms with Gasteiger partial charge in [0.1, 0.15) is 0 Å². The molecule has 1 N–H and O–H groups in total. The van der Waals surface area contributed by atoms with Crippen LogP contribution in [0.4, 0.5) is 0 Å². The largest absolute Gasteiger partial charge is 0.393 e. The molecule has 162 valence electrons. The first kappa shape index (κ1) is 21.2. The zero-order valence-electron chi connectivity index (χ0n) is 19.6. The van der Waals surface area contributed by atoms with Crippen LogP contribution in [-0.2, 0) is 0 Å². The van der Waals surface area contributed by atoms with E-state index in [0.717, 1.165) is 54.3 Å². The second kappa shape index (κ2) is 7.90. The van der Waals surface area contributed by atoms with Crippen LogP contribution in [0.5, 0.6) is 0 Å². The Labute approximate surface area is 175 Å². The molecular weight excluding hydrogens is 340 g/mol. The minimum Gasteiger partial charge on any atom is -0.393 e. The summed E-state index contributed by atoms with van der Waals surface area (Å²) in [5, 5.41) is 10.3. The summed E-state index contributed by atoms with van der Waals surface area (Å²) in [6.07, 6.45) is 16.6. The van der Waals surface area contributed by atoms with Crippen molar-refractivity contribution in [3.63, 3.8) is 0 Å². The number of fused-ring (bicyclic) bond motifs is 5. The van der Waals surface area contributed by atoms with E-state index in [9.17, 15) is 5.11 Å². The Morgan fingerprint density at radius 2 is 1.54 bits per heavy atom. The SMILES string of the molecule is CC(C)CCCC(C)[C@H]1CCC2C3CCC4C[C@@H](O)CC[C@]4(C)C3CC[C@@]21C. The smallest absolute Gasteiger partial charge is 0.0543 e. The Kier molecular flexibility index (Phi) is 5.98. The van der Waals surface area contributed by atoms with E-state index in [0.29, 0.717) is 10.8 Å². The van der Waals surface area contributed by atoms with E-state index in [1.165, 1.54) is 64.2 Å². The van der Waals surface area contributed by atoms with Gasteiger partial charge in [0.25, 0.3) is 0 Å². The van der Waals surface area contributed by atoms with Gasteiger partial charge in [0.05, 0.1) is 6.10 Å². The van der Waals surface area contributed by atoms with E-state index in [1.54, 1.807) is 0 Å². The van der Waals surface area contributed by atoms with E-state index >= 15 is 0 Å². The lowest BCUT2D eigenvalue weighted by Gasteiger charge is -2.61. The Morgan fingerprint density at radius 3 is 2.29 bits per heavy atom. The van der Waals surface area contributed by atoms with Gasteiger partial charge in [-0.25, -0.2) is 0 Å². The zero-order valence-corrected chi connectivity index (χ0v) is 19.6. The monoisotopic (exact) mass is 388 g/mol. The van der Waals surface area contributed by atoms with Crippen molar-refractivity contribution in [2.75, 3.05) is 0 Å². The molecule has 0 aliphatic heterocycles. The van der Waals surface area contributed by atoms with Crippen LogP contribution in [0.3, 0.4) is 0 Å². The van der Waals surface area contributed by atoms with Gasteiger partial charge in [-0.05, 0) is 110 Å². The topological polar surface area (TPSA) is 20.2 Å². The average Bonchev–Trinajstić information content (AvgIpc) is 2.99. The average molecular weight is 389 g/mol. The summed E-state index contributed by atoms with van der Waals surface area (Å²) < 4.78 is 0. The molecular formula is C27H48O. The van der Waals surface area contributed by atoms with Crippen molar-refractivity contribution in [3.05, 3.63) is 0 Å². The fourth-order valence-electron chi connectivity index (χ4n) is 9.26. The molecule has 0 bridgehead atoms. The van der Waals surface area contributed by atoms with Crippen LogP contribution in [0.1, 0.15) is 112 Å². The van der Waals surface area contributed by atoms with Gasteiger partial charge in [0.2, 0.25) is 0 Å². The van der Waals surface area contributed by atoms with Crippen molar-refractivity contribution >= 4 is 0 Å². The molecule has 1 heteroatoms. The van der Waals surface area contributed by atoms with Gasteiger partial charge < -0.3 is 5.11 Å². The van der Waals surface area contributed by atoms with E-state index in [1.807, 2.05) is 0 Å². The van der Waals surface area contributed by atoms with E-state index in [-0.39, 0.29) is 6.10 Å². The number of aliphatic hydroxyl groups is 1. The molecule has 4 rings (SSSR count). The zero-order chi connectivity index (χ0) is 20.1. The van der Waals surface area contributed by atoms with Crippen LogP contribution in [0, 0.1) is 52.3 Å². The molecule has 0 amide bonds. The molecule has 1 nitrogen and oxygen atoms in total. The molecule has 0 spiro atoms. The highest BCUT2D eigenvalue weighted by Gasteiger charge is 2.60. The van der Waals surface area contributed by atoms with Crippen LogP contribution in [0.2, 0.25) is 0 Å². The van der Waals surface area contributed by atoms with Gasteiger partial charge in [0, 0.05) is 0 Å². The molecule has 4 saturated carbocycles. The molecule has 5 unspecified atom stereocenters. The Morgan fingerprint density at radius 1 is 0.821 bits per heavy atom. The minimum absolute atomic E-state index is 0.00830. The van der Waals surface area contributed by atoms with Gasteiger partial charge >= 0.3 is 0 Å². The van der Waals surface area contributed by atoms with Crippen LogP contribution in [0.25, 0.3) is 0 Å². The second-order valence-corrected chi connectivity index (χ2v) is 12.6. The van der Waals surface area contributed by atoms with Crippen molar-refractivity contribution in [2.24, 2.45) is 52.3 Å². The third-order valence-electron chi connectivity index (χ3n) is 10.8. The quantitative estimate of drug-likeness (QED) is 0.518. The highest BCUT2D eigenvalue weighted by atomic mass is 16.3. The molecule has 28 heavy (non-hydrogen) atoms. The number of rotatable bonds is 5. The second-order valence-electron chi connectivity index (χ2n) is 12.6. The highest BCUT2D eigenvalue weighted by molar-refractivity contribution is 5.09.